The molecule has 0 spiro atoms. The van der Waals surface area contributed by atoms with Crippen molar-refractivity contribution in [1.82, 2.24) is 0 Å². The number of rotatable bonds is 15. The lowest BCUT2D eigenvalue weighted by Gasteiger charge is -2.35. The van der Waals surface area contributed by atoms with E-state index in [2.05, 4.69) is 20.8 Å². The molecule has 0 fully saturated rings. The van der Waals surface area contributed by atoms with Crippen molar-refractivity contribution >= 4 is 16.9 Å². The topological polar surface area (TPSA) is 56.5 Å². The standard InChI is InChI=1S/C27H42NO4/c1-5-28(6-2,7-3)19-15-13-11-9-8-10-12-14-16-26(29)31-23-17-18-24-22(4)20-27(30)32-25(24)21-23/h17-18,20-21H,5-16,19H2,1-4H3/q+1. The third kappa shape index (κ3) is 8.09. The predicted octanol–water partition coefficient (Wildman–Crippen LogP) is 6.39. The monoisotopic (exact) mass is 444 g/mol. The normalized spacial score (nSPS) is 11.8. The maximum absolute atomic E-state index is 12.1. The van der Waals surface area contributed by atoms with Crippen molar-refractivity contribution in [3.05, 3.63) is 40.2 Å². The predicted molar refractivity (Wildman–Crippen MR) is 131 cm³/mol. The minimum absolute atomic E-state index is 0.233. The number of hydrogen-bond acceptors (Lipinski definition) is 4. The molecule has 2 aromatic rings. The fraction of sp³-hybridized carbons (Fsp3) is 0.630. The highest BCUT2D eigenvalue weighted by atomic mass is 16.5. The molecule has 0 atom stereocenters. The Labute approximate surface area is 193 Å². The van der Waals surface area contributed by atoms with Crippen LogP contribution in [0.4, 0.5) is 0 Å². The number of benzene rings is 1. The summed E-state index contributed by atoms with van der Waals surface area (Å²) in [5.41, 5.74) is 0.905. The van der Waals surface area contributed by atoms with Gasteiger partial charge in [-0.2, -0.15) is 0 Å². The van der Waals surface area contributed by atoms with E-state index in [9.17, 15) is 9.59 Å². The summed E-state index contributed by atoms with van der Waals surface area (Å²) in [5.74, 6) is 0.192. The Kier molecular flexibility index (Phi) is 10.9. The number of quaternary nitrogens is 1. The second-order valence-electron chi connectivity index (χ2n) is 8.97. The Bertz CT molecular complexity index is 890. The van der Waals surface area contributed by atoms with Crippen LogP contribution in [0, 0.1) is 6.92 Å². The van der Waals surface area contributed by atoms with Gasteiger partial charge < -0.3 is 13.6 Å². The van der Waals surface area contributed by atoms with Gasteiger partial charge in [0.1, 0.15) is 11.3 Å². The zero-order valence-electron chi connectivity index (χ0n) is 20.6. The first kappa shape index (κ1) is 26.1. The van der Waals surface area contributed by atoms with Gasteiger partial charge in [-0.1, -0.05) is 32.1 Å². The molecule has 5 nitrogen and oxygen atoms in total. The van der Waals surface area contributed by atoms with E-state index in [1.807, 2.05) is 13.0 Å². The molecule has 178 valence electrons. The average Bonchev–Trinajstić information content (AvgIpc) is 2.77. The third-order valence-electron chi connectivity index (χ3n) is 6.93. The first-order valence-corrected chi connectivity index (χ1v) is 12.5. The molecule has 0 unspecified atom stereocenters. The first-order valence-electron chi connectivity index (χ1n) is 12.5. The molecule has 0 amide bonds. The Morgan fingerprint density at radius 3 is 2.09 bits per heavy atom. The van der Waals surface area contributed by atoms with E-state index < -0.39 is 5.63 Å². The van der Waals surface area contributed by atoms with Gasteiger partial charge in [0.25, 0.3) is 0 Å². The summed E-state index contributed by atoms with van der Waals surface area (Å²) in [5, 5.41) is 0.851. The molecule has 0 aliphatic carbocycles. The van der Waals surface area contributed by atoms with E-state index in [1.54, 1.807) is 12.1 Å². The molecule has 5 heteroatoms. The van der Waals surface area contributed by atoms with Crippen LogP contribution < -0.4 is 10.4 Å². The molecule has 0 saturated carbocycles. The van der Waals surface area contributed by atoms with Crippen LogP contribution in [0.5, 0.6) is 5.75 Å². The summed E-state index contributed by atoms with van der Waals surface area (Å²) in [7, 11) is 0. The Morgan fingerprint density at radius 2 is 1.47 bits per heavy atom. The highest BCUT2D eigenvalue weighted by Crippen LogP contribution is 2.23. The summed E-state index contributed by atoms with van der Waals surface area (Å²) >= 11 is 0. The average molecular weight is 445 g/mol. The van der Waals surface area contributed by atoms with Gasteiger partial charge in [-0.05, 0) is 64.7 Å². The molecule has 0 aliphatic rings. The van der Waals surface area contributed by atoms with E-state index in [1.165, 1.54) is 75.3 Å². The van der Waals surface area contributed by atoms with Crippen LogP contribution in [0.15, 0.2) is 33.5 Å². The highest BCUT2D eigenvalue weighted by molar-refractivity contribution is 5.82. The quantitative estimate of drug-likeness (QED) is 0.105. The number of esters is 1. The van der Waals surface area contributed by atoms with E-state index >= 15 is 0 Å². The number of fused-ring (bicyclic) bond motifs is 1. The van der Waals surface area contributed by atoms with Crippen LogP contribution in [0.3, 0.4) is 0 Å². The van der Waals surface area contributed by atoms with Crippen molar-refractivity contribution in [3.63, 3.8) is 0 Å². The van der Waals surface area contributed by atoms with E-state index in [0.29, 0.717) is 17.8 Å². The summed E-state index contributed by atoms with van der Waals surface area (Å²) in [6.07, 6.45) is 10.0. The first-order chi connectivity index (χ1) is 15.4. The van der Waals surface area contributed by atoms with Crippen LogP contribution >= 0.6 is 0 Å². The van der Waals surface area contributed by atoms with Gasteiger partial charge in [-0.25, -0.2) is 4.79 Å². The number of hydrogen-bond donors (Lipinski definition) is 0. The zero-order chi connectivity index (χ0) is 23.4. The van der Waals surface area contributed by atoms with Crippen LogP contribution in [-0.2, 0) is 4.79 Å². The zero-order valence-corrected chi connectivity index (χ0v) is 20.6. The molecule has 0 radical (unpaired) electrons. The van der Waals surface area contributed by atoms with Crippen molar-refractivity contribution in [2.75, 3.05) is 26.2 Å². The van der Waals surface area contributed by atoms with Gasteiger partial charge >= 0.3 is 11.6 Å². The van der Waals surface area contributed by atoms with Gasteiger partial charge in [0.15, 0.2) is 0 Å². The summed E-state index contributed by atoms with van der Waals surface area (Å²) < 4.78 is 11.9. The van der Waals surface area contributed by atoms with Crippen molar-refractivity contribution in [2.45, 2.75) is 85.5 Å². The number of carbonyl (C=O) groups is 1. The molecule has 0 N–H and O–H groups in total. The Morgan fingerprint density at radius 1 is 0.875 bits per heavy atom. The van der Waals surface area contributed by atoms with E-state index in [0.717, 1.165) is 23.8 Å². The molecular formula is C27H42NO4+. The highest BCUT2D eigenvalue weighted by Gasteiger charge is 2.19. The van der Waals surface area contributed by atoms with Gasteiger partial charge in [-0.15, -0.1) is 0 Å². The van der Waals surface area contributed by atoms with Gasteiger partial charge in [-0.3, -0.25) is 4.79 Å². The minimum Gasteiger partial charge on any atom is -0.426 e. The van der Waals surface area contributed by atoms with Gasteiger partial charge in [0.05, 0.1) is 26.2 Å². The molecule has 0 bridgehead atoms. The fourth-order valence-corrected chi connectivity index (χ4v) is 4.47. The fourth-order valence-electron chi connectivity index (χ4n) is 4.47. The molecule has 2 rings (SSSR count). The van der Waals surface area contributed by atoms with Crippen LogP contribution in [0.25, 0.3) is 11.0 Å². The number of nitrogens with zero attached hydrogens (tertiary/aromatic N) is 1. The van der Waals surface area contributed by atoms with Crippen LogP contribution in [0.2, 0.25) is 0 Å². The molecule has 1 heterocycles. The molecule has 1 aromatic carbocycles. The second-order valence-corrected chi connectivity index (χ2v) is 8.97. The van der Waals surface area contributed by atoms with Gasteiger partial charge in [0, 0.05) is 23.9 Å². The van der Waals surface area contributed by atoms with Crippen molar-refractivity contribution in [3.8, 4) is 5.75 Å². The van der Waals surface area contributed by atoms with E-state index in [4.69, 9.17) is 9.15 Å². The largest absolute Gasteiger partial charge is 0.426 e. The maximum atomic E-state index is 12.1. The molecule has 1 aromatic heterocycles. The Hall–Kier alpha value is -2.14. The molecular weight excluding hydrogens is 402 g/mol. The van der Waals surface area contributed by atoms with E-state index in [-0.39, 0.29) is 5.97 Å². The van der Waals surface area contributed by atoms with Crippen LogP contribution in [-0.4, -0.2) is 36.6 Å². The van der Waals surface area contributed by atoms with Gasteiger partial charge in [0.2, 0.25) is 0 Å². The maximum Gasteiger partial charge on any atom is 0.336 e. The number of ether oxygens (including phenoxy) is 1. The number of unbranched alkanes of at least 4 members (excludes halogenated alkanes) is 7. The SMILES string of the molecule is CC[N+](CC)(CC)CCCCCCCCCCC(=O)Oc1ccc2c(C)cc(=O)oc2c1. The molecule has 32 heavy (non-hydrogen) atoms. The Balaban J connectivity index is 1.56. The smallest absolute Gasteiger partial charge is 0.336 e. The summed E-state index contributed by atoms with van der Waals surface area (Å²) in [4.78, 5) is 23.7. The summed E-state index contributed by atoms with van der Waals surface area (Å²) in [6, 6.07) is 6.65. The lowest BCUT2D eigenvalue weighted by molar-refractivity contribution is -0.923. The van der Waals surface area contributed by atoms with Crippen molar-refractivity contribution in [2.24, 2.45) is 0 Å². The molecule has 0 saturated heterocycles. The number of aryl methyl sites for hydroxylation is 1. The minimum atomic E-state index is -0.395. The number of carbonyl (C=O) groups excluding carboxylic acids is 1. The molecule has 0 aliphatic heterocycles. The lowest BCUT2D eigenvalue weighted by Crippen LogP contribution is -2.48. The summed E-state index contributed by atoms with van der Waals surface area (Å²) in [6.45, 7) is 13.8. The van der Waals surface area contributed by atoms with Crippen LogP contribution in [0.1, 0.15) is 84.1 Å². The van der Waals surface area contributed by atoms with Crippen molar-refractivity contribution in [1.29, 1.82) is 0 Å². The second kappa shape index (κ2) is 13.4. The third-order valence-corrected chi connectivity index (χ3v) is 6.93. The lowest BCUT2D eigenvalue weighted by atomic mass is 10.1. The van der Waals surface area contributed by atoms with Crippen molar-refractivity contribution < 1.29 is 18.4 Å².